The first-order valence-corrected chi connectivity index (χ1v) is 8.97. The van der Waals surface area contributed by atoms with Gasteiger partial charge < -0.3 is 16.0 Å². The quantitative estimate of drug-likeness (QED) is 0.818. The summed E-state index contributed by atoms with van der Waals surface area (Å²) in [7, 11) is 0. The molecule has 2 aromatic rings. The zero-order chi connectivity index (χ0) is 18.0. The van der Waals surface area contributed by atoms with Crippen LogP contribution in [0.25, 0.3) is 0 Å². The zero-order valence-electron chi connectivity index (χ0n) is 15.3. The summed E-state index contributed by atoms with van der Waals surface area (Å²) in [5, 5.41) is 2.99. The van der Waals surface area contributed by atoms with Gasteiger partial charge in [0.15, 0.2) is 0 Å². The van der Waals surface area contributed by atoms with Gasteiger partial charge in [-0.3, -0.25) is 4.79 Å². The molecule has 2 aromatic carbocycles. The molecule has 1 unspecified atom stereocenters. The molecule has 0 aromatic heterocycles. The summed E-state index contributed by atoms with van der Waals surface area (Å²) in [5.41, 5.74) is 11.4. The molecule has 4 nitrogen and oxygen atoms in total. The van der Waals surface area contributed by atoms with E-state index in [2.05, 4.69) is 24.1 Å². The van der Waals surface area contributed by atoms with Crippen LogP contribution in [0.3, 0.4) is 0 Å². The number of nitrogen functional groups attached to an aromatic ring is 1. The summed E-state index contributed by atoms with van der Waals surface area (Å²) in [6, 6.07) is 11.6. The largest absolute Gasteiger partial charge is 0.397 e. The molecular formula is C21H27N3O. The van der Waals surface area contributed by atoms with Gasteiger partial charge >= 0.3 is 0 Å². The monoisotopic (exact) mass is 337 g/mol. The Labute approximate surface area is 150 Å². The Balaban J connectivity index is 1.88. The van der Waals surface area contributed by atoms with E-state index in [4.69, 9.17) is 5.73 Å². The lowest BCUT2D eigenvalue weighted by atomic mass is 9.98. The van der Waals surface area contributed by atoms with E-state index < -0.39 is 0 Å². The average molecular weight is 337 g/mol. The molecule has 132 valence electrons. The van der Waals surface area contributed by atoms with Crippen LogP contribution in [0.15, 0.2) is 36.4 Å². The molecule has 1 amide bonds. The summed E-state index contributed by atoms with van der Waals surface area (Å²) < 4.78 is 0. The number of amides is 1. The number of nitrogens with one attached hydrogen (secondary N) is 1. The second-order valence-corrected chi connectivity index (χ2v) is 7.19. The number of hydrogen-bond acceptors (Lipinski definition) is 3. The number of benzene rings is 2. The highest BCUT2D eigenvalue weighted by molar-refractivity contribution is 6.07. The molecule has 0 saturated carbocycles. The molecule has 0 radical (unpaired) electrons. The van der Waals surface area contributed by atoms with Crippen LogP contribution in [0, 0.1) is 19.8 Å². The molecule has 3 N–H and O–H groups in total. The van der Waals surface area contributed by atoms with Crippen LogP contribution in [-0.4, -0.2) is 19.0 Å². The number of aryl methyl sites for hydroxylation is 2. The highest BCUT2D eigenvalue weighted by Crippen LogP contribution is 2.32. The third kappa shape index (κ3) is 3.78. The summed E-state index contributed by atoms with van der Waals surface area (Å²) in [6.07, 6.45) is 2.48. The molecule has 1 saturated heterocycles. The Morgan fingerprint density at radius 3 is 2.68 bits per heavy atom. The van der Waals surface area contributed by atoms with Crippen LogP contribution >= 0.6 is 0 Å². The van der Waals surface area contributed by atoms with Crippen molar-refractivity contribution in [1.29, 1.82) is 0 Å². The predicted molar refractivity (Wildman–Crippen MR) is 105 cm³/mol. The maximum absolute atomic E-state index is 12.6. The molecule has 1 aliphatic rings. The fourth-order valence-corrected chi connectivity index (χ4v) is 3.59. The number of piperidine rings is 1. The third-order valence-corrected chi connectivity index (χ3v) is 5.00. The molecule has 1 atom stereocenters. The molecule has 0 aliphatic carbocycles. The van der Waals surface area contributed by atoms with Crippen molar-refractivity contribution in [1.82, 2.24) is 0 Å². The van der Waals surface area contributed by atoms with Gasteiger partial charge in [0.1, 0.15) is 0 Å². The molecule has 1 heterocycles. The molecular weight excluding hydrogens is 310 g/mol. The van der Waals surface area contributed by atoms with Gasteiger partial charge in [0, 0.05) is 24.3 Å². The van der Waals surface area contributed by atoms with Crippen LogP contribution in [0.5, 0.6) is 0 Å². The van der Waals surface area contributed by atoms with Gasteiger partial charge in [-0.15, -0.1) is 0 Å². The standard InChI is InChI=1S/C21H27N3O/c1-14-7-6-10-24(13-14)20-12-19(18(22)11-16(20)3)23-21(25)17-9-5-4-8-15(17)2/h4-5,8-9,11-12,14H,6-7,10,13,22H2,1-3H3,(H,23,25). The Bertz CT molecular complexity index is 785. The van der Waals surface area contributed by atoms with Gasteiger partial charge in [-0.25, -0.2) is 0 Å². The van der Waals surface area contributed by atoms with Gasteiger partial charge in [-0.2, -0.15) is 0 Å². The van der Waals surface area contributed by atoms with Gasteiger partial charge in [0.25, 0.3) is 5.91 Å². The van der Waals surface area contributed by atoms with Crippen molar-refractivity contribution in [3.05, 3.63) is 53.1 Å². The third-order valence-electron chi connectivity index (χ3n) is 5.00. The van der Waals surface area contributed by atoms with Crippen molar-refractivity contribution < 1.29 is 4.79 Å². The maximum Gasteiger partial charge on any atom is 0.255 e. The molecule has 0 spiro atoms. The first kappa shape index (κ1) is 17.3. The normalized spacial score (nSPS) is 17.4. The Morgan fingerprint density at radius 1 is 1.20 bits per heavy atom. The molecule has 25 heavy (non-hydrogen) atoms. The first-order chi connectivity index (χ1) is 12.0. The predicted octanol–water partition coefficient (Wildman–Crippen LogP) is 4.37. The van der Waals surface area contributed by atoms with E-state index in [9.17, 15) is 4.79 Å². The minimum Gasteiger partial charge on any atom is -0.397 e. The van der Waals surface area contributed by atoms with E-state index in [1.165, 1.54) is 18.5 Å². The van der Waals surface area contributed by atoms with Gasteiger partial charge in [-0.05, 0) is 61.9 Å². The first-order valence-electron chi connectivity index (χ1n) is 8.97. The zero-order valence-corrected chi connectivity index (χ0v) is 15.3. The van der Waals surface area contributed by atoms with Crippen molar-refractivity contribution in [3.63, 3.8) is 0 Å². The topological polar surface area (TPSA) is 58.4 Å². The maximum atomic E-state index is 12.6. The van der Waals surface area contributed by atoms with Gasteiger partial charge in [0.2, 0.25) is 0 Å². The van der Waals surface area contributed by atoms with Crippen molar-refractivity contribution in [2.45, 2.75) is 33.6 Å². The lowest BCUT2D eigenvalue weighted by Gasteiger charge is -2.34. The Hall–Kier alpha value is -2.49. The lowest BCUT2D eigenvalue weighted by Crippen LogP contribution is -2.34. The molecule has 1 aliphatic heterocycles. The summed E-state index contributed by atoms with van der Waals surface area (Å²) in [5.74, 6) is 0.572. The smallest absolute Gasteiger partial charge is 0.255 e. The Kier molecular flexibility index (Phi) is 4.98. The lowest BCUT2D eigenvalue weighted by molar-refractivity contribution is 0.102. The van der Waals surface area contributed by atoms with E-state index in [0.29, 0.717) is 22.9 Å². The second kappa shape index (κ2) is 7.18. The van der Waals surface area contributed by atoms with E-state index in [-0.39, 0.29) is 5.91 Å². The molecule has 1 fully saturated rings. The highest BCUT2D eigenvalue weighted by atomic mass is 16.1. The highest BCUT2D eigenvalue weighted by Gasteiger charge is 2.20. The molecule has 4 heteroatoms. The average Bonchev–Trinajstić information content (AvgIpc) is 2.57. The number of anilines is 3. The number of rotatable bonds is 3. The van der Waals surface area contributed by atoms with Crippen LogP contribution in [0.1, 0.15) is 41.3 Å². The Morgan fingerprint density at radius 2 is 1.96 bits per heavy atom. The van der Waals surface area contributed by atoms with Crippen molar-refractivity contribution >= 4 is 23.0 Å². The summed E-state index contributed by atoms with van der Waals surface area (Å²) in [6.45, 7) is 8.42. The van der Waals surface area contributed by atoms with Crippen molar-refractivity contribution in [2.24, 2.45) is 5.92 Å². The fraction of sp³-hybridized carbons (Fsp3) is 0.381. The van der Waals surface area contributed by atoms with Crippen LogP contribution in [0.2, 0.25) is 0 Å². The molecule has 0 bridgehead atoms. The number of hydrogen-bond donors (Lipinski definition) is 2. The van der Waals surface area contributed by atoms with Crippen LogP contribution in [0.4, 0.5) is 17.1 Å². The second-order valence-electron chi connectivity index (χ2n) is 7.19. The van der Waals surface area contributed by atoms with Crippen molar-refractivity contribution in [3.8, 4) is 0 Å². The van der Waals surface area contributed by atoms with Crippen molar-refractivity contribution in [2.75, 3.05) is 29.0 Å². The number of nitrogens with two attached hydrogens (primary N) is 1. The number of carbonyl (C=O) groups is 1. The van der Waals surface area contributed by atoms with Gasteiger partial charge in [-0.1, -0.05) is 25.1 Å². The number of carbonyl (C=O) groups excluding carboxylic acids is 1. The minimum atomic E-state index is -0.119. The summed E-state index contributed by atoms with van der Waals surface area (Å²) >= 11 is 0. The van der Waals surface area contributed by atoms with E-state index in [1.807, 2.05) is 43.3 Å². The van der Waals surface area contributed by atoms with E-state index in [0.717, 1.165) is 24.2 Å². The van der Waals surface area contributed by atoms with Gasteiger partial charge in [0.05, 0.1) is 11.4 Å². The molecule has 3 rings (SSSR count). The van der Waals surface area contributed by atoms with E-state index >= 15 is 0 Å². The number of nitrogens with zero attached hydrogens (tertiary/aromatic N) is 1. The SMILES string of the molecule is Cc1ccccc1C(=O)Nc1cc(N2CCCC(C)C2)c(C)cc1N. The van der Waals surface area contributed by atoms with E-state index in [1.54, 1.807) is 0 Å². The van der Waals surface area contributed by atoms with Crippen LogP contribution in [-0.2, 0) is 0 Å². The van der Waals surface area contributed by atoms with Crippen LogP contribution < -0.4 is 16.0 Å². The fourth-order valence-electron chi connectivity index (χ4n) is 3.59. The minimum absolute atomic E-state index is 0.119. The summed E-state index contributed by atoms with van der Waals surface area (Å²) in [4.78, 5) is 15.0.